The highest BCUT2D eigenvalue weighted by atomic mass is 35.5. The molecule has 6 heteroatoms. The molecule has 2 N–H and O–H groups in total. The van der Waals surface area contributed by atoms with Gasteiger partial charge in [0, 0.05) is 6.54 Å². The number of rotatable bonds is 6. The van der Waals surface area contributed by atoms with Gasteiger partial charge in [0.1, 0.15) is 10.8 Å². The van der Waals surface area contributed by atoms with Crippen molar-refractivity contribution in [3.63, 3.8) is 0 Å². The number of fused-ring (bicyclic) bond motifs is 1. The second-order valence-electron chi connectivity index (χ2n) is 5.98. The Balaban J connectivity index is 0.00000220. The number of hydrogen-bond acceptors (Lipinski definition) is 5. The second kappa shape index (κ2) is 7.40. The van der Waals surface area contributed by atoms with Crippen LogP contribution in [-0.2, 0) is 6.54 Å². The van der Waals surface area contributed by atoms with Crippen LogP contribution in [0.5, 0.6) is 5.75 Å². The predicted molar refractivity (Wildman–Crippen MR) is 92.6 cm³/mol. The molecule has 0 aliphatic rings. The molecule has 21 heavy (non-hydrogen) atoms. The van der Waals surface area contributed by atoms with E-state index >= 15 is 0 Å². The van der Waals surface area contributed by atoms with E-state index in [9.17, 15) is 0 Å². The summed E-state index contributed by atoms with van der Waals surface area (Å²) in [5.74, 6) is 0.880. The van der Waals surface area contributed by atoms with Gasteiger partial charge in [-0.15, -0.1) is 23.7 Å². The maximum atomic E-state index is 5.79. The number of benzene rings is 1. The second-order valence-corrected chi connectivity index (χ2v) is 7.10. The van der Waals surface area contributed by atoms with Crippen molar-refractivity contribution in [2.75, 3.05) is 27.2 Å². The van der Waals surface area contributed by atoms with E-state index < -0.39 is 0 Å². The lowest BCUT2D eigenvalue weighted by atomic mass is 9.93. The third-order valence-electron chi connectivity index (χ3n) is 3.30. The van der Waals surface area contributed by atoms with Crippen LogP contribution in [0.4, 0.5) is 0 Å². The topological polar surface area (TPSA) is 51.4 Å². The summed E-state index contributed by atoms with van der Waals surface area (Å²) in [7, 11) is 3.80. The van der Waals surface area contributed by atoms with Crippen molar-refractivity contribution >= 4 is 34.0 Å². The van der Waals surface area contributed by atoms with Crippen LogP contribution in [0.1, 0.15) is 18.9 Å². The summed E-state index contributed by atoms with van der Waals surface area (Å²) in [6.07, 6.45) is 0. The summed E-state index contributed by atoms with van der Waals surface area (Å²) in [5.41, 5.74) is 6.96. The minimum atomic E-state index is 0. The monoisotopic (exact) mass is 329 g/mol. The lowest BCUT2D eigenvalue weighted by molar-refractivity contribution is 0.210. The summed E-state index contributed by atoms with van der Waals surface area (Å²) < 4.78 is 6.42. The Hall–Kier alpha value is -0.880. The van der Waals surface area contributed by atoms with Crippen LogP contribution in [0, 0.1) is 5.41 Å². The smallest absolute Gasteiger partial charge is 0.120 e. The molecule has 0 saturated heterocycles. The van der Waals surface area contributed by atoms with Gasteiger partial charge in [-0.05, 0) is 37.2 Å². The molecule has 0 saturated carbocycles. The summed E-state index contributed by atoms with van der Waals surface area (Å²) in [5, 5.41) is 1.13. The summed E-state index contributed by atoms with van der Waals surface area (Å²) >= 11 is 1.72. The zero-order valence-corrected chi connectivity index (χ0v) is 14.7. The summed E-state index contributed by atoms with van der Waals surface area (Å²) in [4.78, 5) is 6.95. The van der Waals surface area contributed by atoms with Crippen molar-refractivity contribution in [1.29, 1.82) is 0 Å². The third kappa shape index (κ3) is 4.81. The fourth-order valence-electron chi connectivity index (χ4n) is 2.23. The van der Waals surface area contributed by atoms with E-state index in [1.807, 2.05) is 18.2 Å². The van der Waals surface area contributed by atoms with Crippen molar-refractivity contribution in [1.82, 2.24) is 9.88 Å². The van der Waals surface area contributed by atoms with Gasteiger partial charge in [0.05, 0.1) is 23.9 Å². The molecule has 0 unspecified atom stereocenters. The fourth-order valence-corrected chi connectivity index (χ4v) is 3.31. The third-order valence-corrected chi connectivity index (χ3v) is 4.30. The normalized spacial score (nSPS) is 11.7. The van der Waals surface area contributed by atoms with Crippen LogP contribution in [0.15, 0.2) is 18.2 Å². The molecule has 0 amide bonds. The van der Waals surface area contributed by atoms with Gasteiger partial charge < -0.3 is 10.5 Å². The van der Waals surface area contributed by atoms with Crippen LogP contribution < -0.4 is 10.5 Å². The maximum absolute atomic E-state index is 5.79. The molecule has 0 bridgehead atoms. The van der Waals surface area contributed by atoms with E-state index in [0.717, 1.165) is 29.4 Å². The van der Waals surface area contributed by atoms with E-state index in [2.05, 4.69) is 30.8 Å². The molecule has 4 nitrogen and oxygen atoms in total. The van der Waals surface area contributed by atoms with Crippen molar-refractivity contribution in [2.45, 2.75) is 20.4 Å². The number of aromatic nitrogens is 1. The average molecular weight is 330 g/mol. The number of ether oxygens (including phenoxy) is 1. The molecule has 0 radical (unpaired) electrons. The first kappa shape index (κ1) is 18.2. The molecule has 0 atom stereocenters. The number of hydrogen-bond donors (Lipinski definition) is 1. The Morgan fingerprint density at radius 1 is 1.38 bits per heavy atom. The van der Waals surface area contributed by atoms with Crippen molar-refractivity contribution in [3.8, 4) is 5.75 Å². The first-order chi connectivity index (χ1) is 9.43. The molecule has 1 heterocycles. The highest BCUT2D eigenvalue weighted by Gasteiger charge is 2.18. The fraction of sp³-hybridized carbons (Fsp3) is 0.533. The molecule has 2 rings (SSSR count). The van der Waals surface area contributed by atoms with Crippen molar-refractivity contribution < 1.29 is 4.74 Å². The van der Waals surface area contributed by atoms with Gasteiger partial charge in [-0.3, -0.25) is 4.90 Å². The van der Waals surface area contributed by atoms with E-state index in [0.29, 0.717) is 6.54 Å². The Morgan fingerprint density at radius 2 is 2.10 bits per heavy atom. The Morgan fingerprint density at radius 3 is 2.71 bits per heavy atom. The molecule has 1 aromatic carbocycles. The molecular weight excluding hydrogens is 306 g/mol. The minimum absolute atomic E-state index is 0. The largest absolute Gasteiger partial charge is 0.497 e. The molecule has 0 fully saturated rings. The Bertz CT molecular complexity index is 585. The molecular formula is C15H24ClN3OS. The predicted octanol–water partition coefficient (Wildman–Crippen LogP) is 3.14. The standard InChI is InChI=1S/C15H23N3OS.ClH/c1-15(2,9-16)10-18(3)8-14-17-12-6-5-11(19-4)7-13(12)20-14;/h5-7H,8-10,16H2,1-4H3;1H. The highest BCUT2D eigenvalue weighted by molar-refractivity contribution is 7.18. The Kier molecular flexibility index (Phi) is 6.41. The molecule has 0 aliphatic heterocycles. The van der Waals surface area contributed by atoms with Crippen LogP contribution in [0.2, 0.25) is 0 Å². The first-order valence-corrected chi connectivity index (χ1v) is 7.57. The first-order valence-electron chi connectivity index (χ1n) is 6.75. The van der Waals surface area contributed by atoms with Gasteiger partial charge in [0.25, 0.3) is 0 Å². The van der Waals surface area contributed by atoms with Gasteiger partial charge >= 0.3 is 0 Å². The summed E-state index contributed by atoms with van der Waals surface area (Å²) in [6, 6.07) is 6.01. The zero-order chi connectivity index (χ0) is 14.8. The van der Waals surface area contributed by atoms with E-state index in [4.69, 9.17) is 10.5 Å². The number of nitrogens with two attached hydrogens (primary N) is 1. The number of thiazole rings is 1. The zero-order valence-electron chi connectivity index (χ0n) is 13.0. The number of nitrogens with zero attached hydrogens (tertiary/aromatic N) is 2. The van der Waals surface area contributed by atoms with Crippen molar-refractivity contribution in [3.05, 3.63) is 23.2 Å². The number of halogens is 1. The molecule has 0 spiro atoms. The van der Waals surface area contributed by atoms with Gasteiger partial charge in [0.2, 0.25) is 0 Å². The van der Waals surface area contributed by atoms with E-state index in [1.165, 1.54) is 4.70 Å². The average Bonchev–Trinajstić information content (AvgIpc) is 2.78. The van der Waals surface area contributed by atoms with Crippen LogP contribution >= 0.6 is 23.7 Å². The molecule has 2 aromatic rings. The summed E-state index contributed by atoms with van der Waals surface area (Å²) in [6.45, 7) is 6.88. The molecule has 0 aliphatic carbocycles. The van der Waals surface area contributed by atoms with E-state index in [-0.39, 0.29) is 17.8 Å². The van der Waals surface area contributed by atoms with Crippen LogP contribution in [0.3, 0.4) is 0 Å². The van der Waals surface area contributed by atoms with Gasteiger partial charge in [-0.2, -0.15) is 0 Å². The Labute approximate surface area is 136 Å². The van der Waals surface area contributed by atoms with Crippen molar-refractivity contribution in [2.24, 2.45) is 11.1 Å². The lowest BCUT2D eigenvalue weighted by Crippen LogP contribution is -2.36. The molecule has 118 valence electrons. The van der Waals surface area contributed by atoms with Gasteiger partial charge in [-0.1, -0.05) is 13.8 Å². The van der Waals surface area contributed by atoms with Crippen LogP contribution in [-0.4, -0.2) is 37.1 Å². The minimum Gasteiger partial charge on any atom is -0.497 e. The lowest BCUT2D eigenvalue weighted by Gasteiger charge is -2.28. The number of methoxy groups -OCH3 is 1. The maximum Gasteiger partial charge on any atom is 0.120 e. The van der Waals surface area contributed by atoms with E-state index in [1.54, 1.807) is 18.4 Å². The quantitative estimate of drug-likeness (QED) is 0.884. The highest BCUT2D eigenvalue weighted by Crippen LogP contribution is 2.27. The van der Waals surface area contributed by atoms with Gasteiger partial charge in [0.15, 0.2) is 0 Å². The van der Waals surface area contributed by atoms with Crippen LogP contribution in [0.25, 0.3) is 10.2 Å². The van der Waals surface area contributed by atoms with Gasteiger partial charge in [-0.25, -0.2) is 4.98 Å². The molecule has 1 aromatic heterocycles. The SMILES string of the molecule is COc1ccc2nc(CN(C)CC(C)(C)CN)sc2c1.Cl.